The molecule has 1 unspecified atom stereocenters. The first-order valence-corrected chi connectivity index (χ1v) is 11.6. The number of nitrogens with one attached hydrogen (secondary N) is 2. The van der Waals surface area contributed by atoms with Gasteiger partial charge in [0.25, 0.3) is 0 Å². The lowest BCUT2D eigenvalue weighted by atomic mass is 9.98. The standard InChI is InChI=1S/C26H37N3O4/c1-18(2)16-22(28-24(30)21(27)15-14-19-10-6-4-7-11-19)25(31)29-23(26(32)33-3)17-20-12-8-5-9-13-20/h4,6-8,10-13,18,21-23H,5,9,14-17,27H2,1-3H3,(H,28,30)(H,29,31)/t21-,22?,23-/m0/s1. The fraction of sp³-hybridized carbons (Fsp3) is 0.500. The summed E-state index contributed by atoms with van der Waals surface area (Å²) in [7, 11) is 1.30. The van der Waals surface area contributed by atoms with Gasteiger partial charge in [-0.3, -0.25) is 9.59 Å². The normalized spacial score (nSPS) is 15.8. The molecule has 0 spiro atoms. The minimum atomic E-state index is -0.824. The van der Waals surface area contributed by atoms with Crippen LogP contribution in [0.5, 0.6) is 0 Å². The molecule has 7 heteroatoms. The van der Waals surface area contributed by atoms with Gasteiger partial charge >= 0.3 is 5.97 Å². The van der Waals surface area contributed by atoms with Gasteiger partial charge in [-0.1, -0.05) is 62.4 Å². The van der Waals surface area contributed by atoms with Crippen LogP contribution in [0, 0.1) is 5.92 Å². The van der Waals surface area contributed by atoms with E-state index in [1.807, 2.05) is 56.3 Å². The largest absolute Gasteiger partial charge is 0.467 e. The smallest absolute Gasteiger partial charge is 0.328 e. The van der Waals surface area contributed by atoms with E-state index < -0.39 is 30.0 Å². The van der Waals surface area contributed by atoms with E-state index in [0.29, 0.717) is 25.7 Å². The molecule has 0 bridgehead atoms. The zero-order valence-corrected chi connectivity index (χ0v) is 19.9. The maximum Gasteiger partial charge on any atom is 0.328 e. The molecule has 0 fully saturated rings. The van der Waals surface area contributed by atoms with Crippen molar-refractivity contribution in [1.29, 1.82) is 0 Å². The molecule has 2 rings (SSSR count). The van der Waals surface area contributed by atoms with Gasteiger partial charge in [-0.05, 0) is 49.2 Å². The SMILES string of the molecule is COC(=O)[C@H](CC1=CCCC=C1)NC(=O)C(CC(C)C)NC(=O)[C@@H](N)CCc1ccccc1. The van der Waals surface area contributed by atoms with Gasteiger partial charge in [-0.15, -0.1) is 0 Å². The van der Waals surface area contributed by atoms with Crippen LogP contribution in [-0.2, 0) is 25.5 Å². The number of carbonyl (C=O) groups is 3. The van der Waals surface area contributed by atoms with Crippen molar-refractivity contribution in [3.63, 3.8) is 0 Å². The highest BCUT2D eigenvalue weighted by molar-refractivity contribution is 5.92. The molecule has 33 heavy (non-hydrogen) atoms. The number of carbonyl (C=O) groups excluding carboxylic acids is 3. The molecule has 2 amide bonds. The predicted molar refractivity (Wildman–Crippen MR) is 129 cm³/mol. The van der Waals surface area contributed by atoms with E-state index in [9.17, 15) is 14.4 Å². The Balaban J connectivity index is 2.00. The molecule has 1 aromatic rings. The van der Waals surface area contributed by atoms with E-state index in [-0.39, 0.29) is 11.8 Å². The number of amides is 2. The van der Waals surface area contributed by atoms with E-state index in [4.69, 9.17) is 10.5 Å². The number of hydrogen-bond acceptors (Lipinski definition) is 5. The minimum absolute atomic E-state index is 0.155. The van der Waals surface area contributed by atoms with E-state index in [2.05, 4.69) is 16.7 Å². The number of aryl methyl sites for hydroxylation is 1. The maximum atomic E-state index is 13.1. The van der Waals surface area contributed by atoms with Crippen LogP contribution < -0.4 is 16.4 Å². The Hall–Kier alpha value is -2.93. The van der Waals surface area contributed by atoms with Crippen LogP contribution in [0.3, 0.4) is 0 Å². The summed E-state index contributed by atoms with van der Waals surface area (Å²) in [6.07, 6.45) is 9.84. The highest BCUT2D eigenvalue weighted by Crippen LogP contribution is 2.16. The second kappa shape index (κ2) is 13.6. The summed E-state index contributed by atoms with van der Waals surface area (Å²) < 4.78 is 4.90. The highest BCUT2D eigenvalue weighted by atomic mass is 16.5. The molecule has 1 aromatic carbocycles. The summed E-state index contributed by atoms with van der Waals surface area (Å²) in [5.41, 5.74) is 8.18. The molecule has 0 saturated heterocycles. The highest BCUT2D eigenvalue weighted by Gasteiger charge is 2.29. The summed E-state index contributed by atoms with van der Waals surface area (Å²) in [5.74, 6) is -1.15. The molecular weight excluding hydrogens is 418 g/mol. The Labute approximate surface area is 196 Å². The fourth-order valence-electron chi connectivity index (χ4n) is 3.74. The molecule has 0 aromatic heterocycles. The van der Waals surface area contributed by atoms with Gasteiger partial charge in [0.2, 0.25) is 11.8 Å². The molecule has 3 atom stereocenters. The lowest BCUT2D eigenvalue weighted by molar-refractivity contribution is -0.145. The molecule has 180 valence electrons. The molecule has 0 radical (unpaired) electrons. The second-order valence-electron chi connectivity index (χ2n) is 8.87. The summed E-state index contributed by atoms with van der Waals surface area (Å²) in [6.45, 7) is 3.94. The lowest BCUT2D eigenvalue weighted by Crippen LogP contribution is -2.55. The van der Waals surface area contributed by atoms with Gasteiger partial charge in [-0.25, -0.2) is 4.79 Å². The van der Waals surface area contributed by atoms with Crippen LogP contribution >= 0.6 is 0 Å². The molecule has 1 aliphatic carbocycles. The number of allylic oxidation sites excluding steroid dienone is 3. The third-order valence-electron chi connectivity index (χ3n) is 5.58. The van der Waals surface area contributed by atoms with Gasteiger partial charge in [0.1, 0.15) is 12.1 Å². The second-order valence-corrected chi connectivity index (χ2v) is 8.87. The monoisotopic (exact) mass is 455 g/mol. The number of methoxy groups -OCH3 is 1. The van der Waals surface area contributed by atoms with E-state index >= 15 is 0 Å². The summed E-state index contributed by atoms with van der Waals surface area (Å²) >= 11 is 0. The number of benzene rings is 1. The summed E-state index contributed by atoms with van der Waals surface area (Å²) in [6, 6.07) is 7.46. The van der Waals surface area contributed by atoms with Crippen LogP contribution in [0.2, 0.25) is 0 Å². The summed E-state index contributed by atoms with van der Waals surface area (Å²) in [5, 5.41) is 5.57. The van der Waals surface area contributed by atoms with E-state index in [1.165, 1.54) is 7.11 Å². The van der Waals surface area contributed by atoms with Gasteiger partial charge < -0.3 is 21.1 Å². The fourth-order valence-corrected chi connectivity index (χ4v) is 3.74. The van der Waals surface area contributed by atoms with Crippen LogP contribution in [0.1, 0.15) is 51.5 Å². The number of ether oxygens (including phenoxy) is 1. The third-order valence-corrected chi connectivity index (χ3v) is 5.58. The number of nitrogens with two attached hydrogens (primary N) is 1. The van der Waals surface area contributed by atoms with E-state index in [0.717, 1.165) is 24.0 Å². The Bertz CT molecular complexity index is 848. The molecule has 0 heterocycles. The first-order chi connectivity index (χ1) is 15.8. The van der Waals surface area contributed by atoms with Gasteiger partial charge in [-0.2, -0.15) is 0 Å². The molecular formula is C26H37N3O4. The first kappa shape index (κ1) is 26.3. The van der Waals surface area contributed by atoms with Crippen LogP contribution in [0.15, 0.2) is 54.1 Å². The zero-order chi connectivity index (χ0) is 24.2. The summed E-state index contributed by atoms with van der Waals surface area (Å²) in [4.78, 5) is 38.1. The average molecular weight is 456 g/mol. The van der Waals surface area contributed by atoms with Crippen molar-refractivity contribution in [2.75, 3.05) is 7.11 Å². The molecule has 0 aliphatic heterocycles. The number of rotatable bonds is 12. The average Bonchev–Trinajstić information content (AvgIpc) is 2.82. The van der Waals surface area contributed by atoms with Crippen LogP contribution in [-0.4, -0.2) is 43.0 Å². The van der Waals surface area contributed by atoms with Gasteiger partial charge in [0.05, 0.1) is 13.2 Å². The van der Waals surface area contributed by atoms with Crippen molar-refractivity contribution in [1.82, 2.24) is 10.6 Å². The Kier molecular flexibility index (Phi) is 10.8. The van der Waals surface area contributed by atoms with Crippen molar-refractivity contribution in [3.05, 3.63) is 59.7 Å². The zero-order valence-electron chi connectivity index (χ0n) is 19.9. The van der Waals surface area contributed by atoms with Crippen molar-refractivity contribution in [2.24, 2.45) is 11.7 Å². The molecule has 1 aliphatic rings. The van der Waals surface area contributed by atoms with Gasteiger partial charge in [0, 0.05) is 6.42 Å². The van der Waals surface area contributed by atoms with Crippen molar-refractivity contribution in [3.8, 4) is 0 Å². The lowest BCUT2D eigenvalue weighted by Gasteiger charge is -2.25. The molecule has 0 saturated carbocycles. The molecule has 4 N–H and O–H groups in total. The maximum absolute atomic E-state index is 13.1. The Morgan fingerprint density at radius 2 is 1.73 bits per heavy atom. The van der Waals surface area contributed by atoms with Crippen molar-refractivity contribution in [2.45, 2.75) is 70.5 Å². The quantitative estimate of drug-likeness (QED) is 0.420. The third kappa shape index (κ3) is 9.22. The topological polar surface area (TPSA) is 111 Å². The van der Waals surface area contributed by atoms with E-state index in [1.54, 1.807) is 0 Å². The predicted octanol–water partition coefficient (Wildman–Crippen LogP) is 2.80. The minimum Gasteiger partial charge on any atom is -0.467 e. The van der Waals surface area contributed by atoms with Crippen LogP contribution in [0.25, 0.3) is 0 Å². The van der Waals surface area contributed by atoms with Crippen molar-refractivity contribution < 1.29 is 19.1 Å². The number of esters is 1. The Morgan fingerprint density at radius 3 is 2.33 bits per heavy atom. The van der Waals surface area contributed by atoms with Crippen LogP contribution in [0.4, 0.5) is 0 Å². The van der Waals surface area contributed by atoms with Crippen molar-refractivity contribution >= 4 is 17.8 Å². The molecule has 7 nitrogen and oxygen atoms in total. The number of hydrogen-bond donors (Lipinski definition) is 3. The Morgan fingerprint density at radius 1 is 1.03 bits per heavy atom. The van der Waals surface area contributed by atoms with Gasteiger partial charge in [0.15, 0.2) is 0 Å². The first-order valence-electron chi connectivity index (χ1n) is 11.6.